The van der Waals surface area contributed by atoms with Crippen LogP contribution in [0.5, 0.6) is 0 Å². The van der Waals surface area contributed by atoms with Gasteiger partial charge in [-0.1, -0.05) is 18.2 Å². The lowest BCUT2D eigenvalue weighted by Crippen LogP contribution is -2.52. The highest BCUT2D eigenvalue weighted by molar-refractivity contribution is 7.91. The zero-order valence-corrected chi connectivity index (χ0v) is 10.8. The molecule has 1 aliphatic heterocycles. The average molecular weight is 254 g/mol. The predicted molar refractivity (Wildman–Crippen MR) is 67.8 cm³/mol. The Morgan fingerprint density at radius 3 is 2.71 bits per heavy atom. The van der Waals surface area contributed by atoms with Crippen molar-refractivity contribution < 1.29 is 8.42 Å². The summed E-state index contributed by atoms with van der Waals surface area (Å²) < 4.78 is 24.4. The summed E-state index contributed by atoms with van der Waals surface area (Å²) in [5.74, 6) is 0.181. The SMILES string of the molecule is CN1CCNCC1CS(=O)(=O)c1ccccc1. The summed E-state index contributed by atoms with van der Waals surface area (Å²) in [6.07, 6.45) is 0. The zero-order chi connectivity index (χ0) is 12.3. The number of nitrogens with one attached hydrogen (secondary N) is 1. The van der Waals surface area contributed by atoms with Crippen molar-refractivity contribution in [3.63, 3.8) is 0 Å². The van der Waals surface area contributed by atoms with E-state index >= 15 is 0 Å². The average Bonchev–Trinajstić information content (AvgIpc) is 2.33. The molecule has 1 aliphatic rings. The van der Waals surface area contributed by atoms with Crippen LogP contribution in [0.4, 0.5) is 0 Å². The molecule has 1 unspecified atom stereocenters. The molecule has 1 fully saturated rings. The lowest BCUT2D eigenvalue weighted by atomic mass is 10.2. The van der Waals surface area contributed by atoms with E-state index in [1.54, 1.807) is 24.3 Å². The van der Waals surface area contributed by atoms with Gasteiger partial charge in [-0.25, -0.2) is 8.42 Å². The molecule has 1 aromatic rings. The Hall–Kier alpha value is -0.910. The van der Waals surface area contributed by atoms with E-state index in [-0.39, 0.29) is 11.8 Å². The van der Waals surface area contributed by atoms with Gasteiger partial charge in [0.1, 0.15) is 0 Å². The number of hydrogen-bond acceptors (Lipinski definition) is 4. The smallest absolute Gasteiger partial charge is 0.179 e. The monoisotopic (exact) mass is 254 g/mol. The summed E-state index contributed by atoms with van der Waals surface area (Å²) >= 11 is 0. The maximum atomic E-state index is 12.2. The molecule has 0 aliphatic carbocycles. The van der Waals surface area contributed by atoms with Gasteiger partial charge in [0.15, 0.2) is 9.84 Å². The van der Waals surface area contributed by atoms with Gasteiger partial charge in [-0.3, -0.25) is 4.90 Å². The number of rotatable bonds is 3. The first kappa shape index (κ1) is 12.5. The third-order valence-corrected chi connectivity index (χ3v) is 4.97. The Labute approximate surface area is 103 Å². The summed E-state index contributed by atoms with van der Waals surface area (Å²) in [5.41, 5.74) is 0. The molecule has 1 atom stereocenters. The maximum absolute atomic E-state index is 12.2. The van der Waals surface area contributed by atoms with E-state index in [1.807, 2.05) is 13.1 Å². The molecule has 5 heteroatoms. The van der Waals surface area contributed by atoms with Crippen LogP contribution in [0.15, 0.2) is 35.2 Å². The minimum Gasteiger partial charge on any atom is -0.314 e. The number of sulfone groups is 1. The Morgan fingerprint density at radius 1 is 1.35 bits per heavy atom. The molecule has 0 radical (unpaired) electrons. The van der Waals surface area contributed by atoms with Gasteiger partial charge in [0, 0.05) is 25.7 Å². The lowest BCUT2D eigenvalue weighted by Gasteiger charge is -2.32. The van der Waals surface area contributed by atoms with Crippen LogP contribution in [0, 0.1) is 0 Å². The second-order valence-electron chi connectivity index (χ2n) is 4.43. The van der Waals surface area contributed by atoms with Crippen molar-refractivity contribution in [2.45, 2.75) is 10.9 Å². The first-order chi connectivity index (χ1) is 8.09. The minimum absolute atomic E-state index is 0.0638. The largest absolute Gasteiger partial charge is 0.314 e. The summed E-state index contributed by atoms with van der Waals surface area (Å²) in [7, 11) is -1.20. The second kappa shape index (κ2) is 5.16. The first-order valence-corrected chi connectivity index (χ1v) is 7.43. The van der Waals surface area contributed by atoms with Gasteiger partial charge >= 0.3 is 0 Å². The molecule has 0 aromatic heterocycles. The van der Waals surface area contributed by atoms with Crippen LogP contribution in [0.25, 0.3) is 0 Å². The van der Waals surface area contributed by atoms with E-state index < -0.39 is 9.84 Å². The number of nitrogens with zero attached hydrogens (tertiary/aromatic N) is 1. The van der Waals surface area contributed by atoms with E-state index in [1.165, 1.54) is 0 Å². The van der Waals surface area contributed by atoms with Gasteiger partial charge in [0.25, 0.3) is 0 Å². The maximum Gasteiger partial charge on any atom is 0.179 e. The van der Waals surface area contributed by atoms with Crippen molar-refractivity contribution >= 4 is 9.84 Å². The highest BCUT2D eigenvalue weighted by atomic mass is 32.2. The number of hydrogen-bond donors (Lipinski definition) is 1. The van der Waals surface area contributed by atoms with Crippen molar-refractivity contribution in [1.29, 1.82) is 0 Å². The molecule has 1 heterocycles. The normalized spacial score (nSPS) is 22.5. The highest BCUT2D eigenvalue weighted by Gasteiger charge is 2.25. The third kappa shape index (κ3) is 3.06. The standard InChI is InChI=1S/C12H18N2O2S/c1-14-8-7-13-9-11(14)10-17(15,16)12-5-3-2-4-6-12/h2-6,11,13H,7-10H2,1H3. The van der Waals surface area contributed by atoms with E-state index in [0.29, 0.717) is 4.90 Å². The molecular weight excluding hydrogens is 236 g/mol. The Kier molecular flexibility index (Phi) is 3.81. The van der Waals surface area contributed by atoms with Crippen LogP contribution in [0.3, 0.4) is 0 Å². The Bertz CT molecular complexity index is 459. The fraction of sp³-hybridized carbons (Fsp3) is 0.500. The molecule has 17 heavy (non-hydrogen) atoms. The number of likely N-dealkylation sites (N-methyl/N-ethyl adjacent to an activating group) is 1. The second-order valence-corrected chi connectivity index (χ2v) is 6.47. The summed E-state index contributed by atoms with van der Waals surface area (Å²) in [6.45, 7) is 2.57. The van der Waals surface area contributed by atoms with Crippen LogP contribution in [-0.2, 0) is 9.84 Å². The van der Waals surface area contributed by atoms with Gasteiger partial charge in [0.2, 0.25) is 0 Å². The molecule has 0 spiro atoms. The fourth-order valence-corrected chi connectivity index (χ4v) is 3.67. The predicted octanol–water partition coefficient (Wildman–Crippen LogP) is 0.364. The Balaban J connectivity index is 2.12. The first-order valence-electron chi connectivity index (χ1n) is 5.78. The molecule has 1 aromatic carbocycles. The van der Waals surface area contributed by atoms with Crippen molar-refractivity contribution in [2.75, 3.05) is 32.4 Å². The minimum atomic E-state index is -3.17. The fourth-order valence-electron chi connectivity index (χ4n) is 2.03. The molecule has 1 saturated heterocycles. The van der Waals surface area contributed by atoms with Gasteiger partial charge in [-0.15, -0.1) is 0 Å². The summed E-state index contributed by atoms with van der Waals surface area (Å²) in [4.78, 5) is 2.52. The molecule has 0 bridgehead atoms. The van der Waals surface area contributed by atoms with E-state index in [4.69, 9.17) is 0 Å². The lowest BCUT2D eigenvalue weighted by molar-refractivity contribution is 0.216. The van der Waals surface area contributed by atoms with E-state index in [9.17, 15) is 8.42 Å². The van der Waals surface area contributed by atoms with Gasteiger partial charge in [0.05, 0.1) is 10.6 Å². The van der Waals surface area contributed by atoms with Crippen molar-refractivity contribution in [3.8, 4) is 0 Å². The number of piperazine rings is 1. The van der Waals surface area contributed by atoms with E-state index in [2.05, 4.69) is 10.2 Å². The molecule has 94 valence electrons. The highest BCUT2D eigenvalue weighted by Crippen LogP contribution is 2.13. The molecular formula is C12H18N2O2S. The van der Waals surface area contributed by atoms with Crippen LogP contribution in [0.1, 0.15) is 0 Å². The van der Waals surface area contributed by atoms with Crippen LogP contribution in [-0.4, -0.2) is 51.8 Å². The summed E-state index contributed by atoms with van der Waals surface area (Å²) in [5, 5.41) is 3.23. The molecule has 2 rings (SSSR count). The quantitative estimate of drug-likeness (QED) is 0.846. The topological polar surface area (TPSA) is 49.4 Å². The zero-order valence-electron chi connectivity index (χ0n) is 9.96. The summed E-state index contributed by atoms with van der Waals surface area (Å²) in [6, 6.07) is 8.73. The van der Waals surface area contributed by atoms with E-state index in [0.717, 1.165) is 19.6 Å². The third-order valence-electron chi connectivity index (χ3n) is 3.16. The molecule has 1 N–H and O–H groups in total. The van der Waals surface area contributed by atoms with Gasteiger partial charge < -0.3 is 5.32 Å². The van der Waals surface area contributed by atoms with Crippen LogP contribution >= 0.6 is 0 Å². The van der Waals surface area contributed by atoms with Gasteiger partial charge in [-0.2, -0.15) is 0 Å². The van der Waals surface area contributed by atoms with Crippen LogP contribution in [0.2, 0.25) is 0 Å². The van der Waals surface area contributed by atoms with Crippen molar-refractivity contribution in [1.82, 2.24) is 10.2 Å². The van der Waals surface area contributed by atoms with Gasteiger partial charge in [-0.05, 0) is 19.2 Å². The van der Waals surface area contributed by atoms with Crippen molar-refractivity contribution in [3.05, 3.63) is 30.3 Å². The Morgan fingerprint density at radius 2 is 2.06 bits per heavy atom. The molecule has 4 nitrogen and oxygen atoms in total. The molecule has 0 amide bonds. The number of benzene rings is 1. The molecule has 0 saturated carbocycles. The van der Waals surface area contributed by atoms with Crippen molar-refractivity contribution in [2.24, 2.45) is 0 Å². The van der Waals surface area contributed by atoms with Crippen LogP contribution < -0.4 is 5.32 Å².